The summed E-state index contributed by atoms with van der Waals surface area (Å²) in [5, 5.41) is 20.5. The van der Waals surface area contributed by atoms with Gasteiger partial charge in [-0.15, -0.1) is 0 Å². The van der Waals surface area contributed by atoms with E-state index in [2.05, 4.69) is 21.3 Å². The van der Waals surface area contributed by atoms with E-state index in [1.807, 2.05) is 0 Å². The van der Waals surface area contributed by atoms with Gasteiger partial charge < -0.3 is 31.3 Å². The minimum atomic E-state index is -1.28. The highest BCUT2D eigenvalue weighted by atomic mass is 16.3. The van der Waals surface area contributed by atoms with Gasteiger partial charge in [0.25, 0.3) is 0 Å². The molecule has 11 heteroatoms. The Bertz CT molecular complexity index is 971. The zero-order valence-electron chi connectivity index (χ0n) is 20.7. The van der Waals surface area contributed by atoms with Gasteiger partial charge in [0, 0.05) is 6.54 Å². The predicted molar refractivity (Wildman–Crippen MR) is 130 cm³/mol. The number of nitrogens with one attached hydrogen (secondary N) is 4. The molecule has 0 spiro atoms. The van der Waals surface area contributed by atoms with Crippen LogP contribution in [0.25, 0.3) is 0 Å². The fourth-order valence-corrected chi connectivity index (χ4v) is 4.58. The number of rotatable bonds is 4. The molecule has 0 radical (unpaired) electrons. The molecule has 5 atom stereocenters. The molecule has 1 aromatic carbocycles. The normalized spacial score (nSPS) is 28.6. The molecule has 0 bridgehead atoms. The van der Waals surface area contributed by atoms with Crippen molar-refractivity contribution in [3.05, 3.63) is 35.9 Å². The average molecular weight is 502 g/mol. The Balaban J connectivity index is 1.95. The quantitative estimate of drug-likeness (QED) is 0.375. The molecule has 0 aromatic heterocycles. The maximum Gasteiger partial charge on any atom is 0.245 e. The summed E-state index contributed by atoms with van der Waals surface area (Å²) >= 11 is 0. The van der Waals surface area contributed by atoms with E-state index in [4.69, 9.17) is 0 Å². The highest BCUT2D eigenvalue weighted by Crippen LogP contribution is 2.21. The van der Waals surface area contributed by atoms with Gasteiger partial charge in [0.15, 0.2) is 0 Å². The topological polar surface area (TPSA) is 157 Å². The SMILES string of the molecule is CC[C@@H]1NC(=O)[C@@H]2CCCN2C(=O)[C@H](CC)NC(=O)C[C@H](c2ccccc2)NC(=O)[C@H](CO)NC1=O. The summed E-state index contributed by atoms with van der Waals surface area (Å²) < 4.78 is 0. The molecule has 2 saturated heterocycles. The molecule has 196 valence electrons. The molecule has 2 aliphatic rings. The Kier molecular flexibility index (Phi) is 9.40. The van der Waals surface area contributed by atoms with Crippen molar-refractivity contribution in [2.24, 2.45) is 0 Å². The van der Waals surface area contributed by atoms with E-state index in [0.717, 1.165) is 0 Å². The smallest absolute Gasteiger partial charge is 0.245 e. The lowest BCUT2D eigenvalue weighted by Crippen LogP contribution is -2.59. The second kappa shape index (κ2) is 12.5. The van der Waals surface area contributed by atoms with E-state index < -0.39 is 60.4 Å². The van der Waals surface area contributed by atoms with Gasteiger partial charge in [0.05, 0.1) is 19.1 Å². The number of aliphatic hydroxyl groups is 1. The summed E-state index contributed by atoms with van der Waals surface area (Å²) in [6, 6.07) is 4.27. The van der Waals surface area contributed by atoms with Gasteiger partial charge in [-0.3, -0.25) is 24.0 Å². The van der Waals surface area contributed by atoms with Crippen LogP contribution in [0.2, 0.25) is 0 Å². The van der Waals surface area contributed by atoms with Crippen molar-refractivity contribution in [3.8, 4) is 0 Å². The van der Waals surface area contributed by atoms with E-state index in [-0.39, 0.29) is 18.7 Å². The molecule has 5 N–H and O–H groups in total. The zero-order chi connectivity index (χ0) is 26.2. The molecule has 11 nitrogen and oxygen atoms in total. The summed E-state index contributed by atoms with van der Waals surface area (Å²) in [6.07, 6.45) is 1.48. The van der Waals surface area contributed by atoms with Crippen LogP contribution in [0, 0.1) is 0 Å². The third-order valence-corrected chi connectivity index (χ3v) is 6.64. The van der Waals surface area contributed by atoms with Gasteiger partial charge >= 0.3 is 0 Å². The van der Waals surface area contributed by atoms with Crippen molar-refractivity contribution < 1.29 is 29.1 Å². The van der Waals surface area contributed by atoms with Gasteiger partial charge in [-0.1, -0.05) is 44.2 Å². The Hall–Kier alpha value is -3.47. The molecule has 1 aromatic rings. The van der Waals surface area contributed by atoms with Crippen LogP contribution in [-0.4, -0.2) is 76.9 Å². The predicted octanol–water partition coefficient (Wildman–Crippen LogP) is -0.495. The first kappa shape index (κ1) is 27.1. The number of amides is 5. The van der Waals surface area contributed by atoms with Crippen LogP contribution in [0.1, 0.15) is 57.6 Å². The summed E-state index contributed by atoms with van der Waals surface area (Å²) in [7, 11) is 0. The van der Waals surface area contributed by atoms with E-state index in [9.17, 15) is 29.1 Å². The zero-order valence-corrected chi connectivity index (χ0v) is 20.7. The van der Waals surface area contributed by atoms with Crippen molar-refractivity contribution >= 4 is 29.5 Å². The van der Waals surface area contributed by atoms with E-state index in [1.165, 1.54) is 4.90 Å². The van der Waals surface area contributed by atoms with Gasteiger partial charge in [0.2, 0.25) is 29.5 Å². The third-order valence-electron chi connectivity index (χ3n) is 6.64. The monoisotopic (exact) mass is 501 g/mol. The Morgan fingerprint density at radius 1 is 0.833 bits per heavy atom. The van der Waals surface area contributed by atoms with Crippen LogP contribution in [-0.2, 0) is 24.0 Å². The van der Waals surface area contributed by atoms with Crippen molar-refractivity contribution in [3.63, 3.8) is 0 Å². The third kappa shape index (κ3) is 6.39. The number of aliphatic hydroxyl groups excluding tert-OH is 1. The minimum Gasteiger partial charge on any atom is -0.394 e. The number of nitrogens with zero attached hydrogens (tertiary/aromatic N) is 1. The lowest BCUT2D eigenvalue weighted by molar-refractivity contribution is -0.142. The Labute approximate surface area is 210 Å². The molecule has 3 rings (SSSR count). The van der Waals surface area contributed by atoms with Crippen molar-refractivity contribution in [1.82, 2.24) is 26.2 Å². The maximum absolute atomic E-state index is 13.3. The summed E-state index contributed by atoms with van der Waals surface area (Å²) in [6.45, 7) is 3.19. The van der Waals surface area contributed by atoms with E-state index >= 15 is 0 Å². The molecule has 36 heavy (non-hydrogen) atoms. The largest absolute Gasteiger partial charge is 0.394 e. The molecule has 0 saturated carbocycles. The van der Waals surface area contributed by atoms with Crippen LogP contribution < -0.4 is 21.3 Å². The molecule has 2 heterocycles. The second-order valence-corrected chi connectivity index (χ2v) is 9.11. The Morgan fingerprint density at radius 3 is 2.11 bits per heavy atom. The van der Waals surface area contributed by atoms with Crippen LogP contribution in [0.4, 0.5) is 0 Å². The van der Waals surface area contributed by atoms with Crippen LogP contribution >= 0.6 is 0 Å². The number of carbonyl (C=O) groups excluding carboxylic acids is 5. The standard InChI is InChI=1S/C25H35N5O6/c1-3-16-22(33)29-19(14-31)23(34)28-18(15-9-6-5-7-10-15)13-21(32)26-17(4-2)25(36)30-12-8-11-20(30)24(35)27-16/h5-7,9-10,16-20,31H,3-4,8,11-14H2,1-2H3,(H,26,32)(H,27,35)(H,28,34)(H,29,33)/t16-,17-,18+,19-,20-/m0/s1. The van der Waals surface area contributed by atoms with Crippen LogP contribution in [0.3, 0.4) is 0 Å². The second-order valence-electron chi connectivity index (χ2n) is 9.11. The van der Waals surface area contributed by atoms with Crippen molar-refractivity contribution in [2.75, 3.05) is 13.2 Å². The van der Waals surface area contributed by atoms with Gasteiger partial charge in [-0.25, -0.2) is 0 Å². The highest BCUT2D eigenvalue weighted by molar-refractivity contribution is 5.96. The van der Waals surface area contributed by atoms with Gasteiger partial charge in [0.1, 0.15) is 24.2 Å². The molecule has 5 amide bonds. The fraction of sp³-hybridized carbons (Fsp3) is 0.560. The number of carbonyl (C=O) groups is 5. The first-order valence-electron chi connectivity index (χ1n) is 12.5. The minimum absolute atomic E-state index is 0.160. The van der Waals surface area contributed by atoms with Crippen LogP contribution in [0.15, 0.2) is 30.3 Å². The first-order valence-corrected chi connectivity index (χ1v) is 12.5. The summed E-state index contributed by atoms with van der Waals surface area (Å²) in [5.41, 5.74) is 0.655. The molecule has 2 aliphatic heterocycles. The highest BCUT2D eigenvalue weighted by Gasteiger charge is 2.39. The first-order chi connectivity index (χ1) is 17.3. The van der Waals surface area contributed by atoms with E-state index in [1.54, 1.807) is 44.2 Å². The summed E-state index contributed by atoms with van der Waals surface area (Å²) in [5.74, 6) is -2.57. The fourth-order valence-electron chi connectivity index (χ4n) is 4.58. The lowest BCUT2D eigenvalue weighted by Gasteiger charge is -2.30. The molecule has 0 aliphatic carbocycles. The molecule has 0 unspecified atom stereocenters. The van der Waals surface area contributed by atoms with Gasteiger partial charge in [-0.05, 0) is 31.2 Å². The van der Waals surface area contributed by atoms with Crippen molar-refractivity contribution in [2.45, 2.75) is 76.2 Å². The molecule has 2 fully saturated rings. The average Bonchev–Trinajstić information content (AvgIpc) is 3.38. The lowest BCUT2D eigenvalue weighted by atomic mass is 10.0. The number of hydrogen-bond donors (Lipinski definition) is 5. The molecular formula is C25H35N5O6. The number of hydrogen-bond acceptors (Lipinski definition) is 6. The van der Waals surface area contributed by atoms with Crippen LogP contribution in [0.5, 0.6) is 0 Å². The maximum atomic E-state index is 13.3. The van der Waals surface area contributed by atoms with E-state index in [0.29, 0.717) is 31.4 Å². The number of benzene rings is 1. The molecular weight excluding hydrogens is 466 g/mol. The van der Waals surface area contributed by atoms with Crippen molar-refractivity contribution in [1.29, 1.82) is 0 Å². The van der Waals surface area contributed by atoms with Gasteiger partial charge in [-0.2, -0.15) is 0 Å². The Morgan fingerprint density at radius 2 is 1.47 bits per heavy atom. The number of fused-ring (bicyclic) bond motifs is 1. The summed E-state index contributed by atoms with van der Waals surface area (Å²) in [4.78, 5) is 66.7.